The fourth-order valence-electron chi connectivity index (χ4n) is 1.70. The van der Waals surface area contributed by atoms with E-state index in [0.717, 1.165) is 0 Å². The fraction of sp³-hybridized carbons (Fsp3) is 0.308. The van der Waals surface area contributed by atoms with Gasteiger partial charge in [-0.2, -0.15) is 0 Å². The smallest absolute Gasteiger partial charge is 0.329 e. The molecule has 0 unspecified atom stereocenters. The summed E-state index contributed by atoms with van der Waals surface area (Å²) >= 11 is 0. The predicted molar refractivity (Wildman–Crippen MR) is 70.1 cm³/mol. The van der Waals surface area contributed by atoms with Crippen LogP contribution in [0.25, 0.3) is 11.5 Å². The first-order valence-corrected chi connectivity index (χ1v) is 5.99. The van der Waals surface area contributed by atoms with Crippen molar-refractivity contribution in [3.63, 3.8) is 0 Å². The lowest BCUT2D eigenvalue weighted by molar-refractivity contribution is -0.142. The van der Waals surface area contributed by atoms with Crippen molar-refractivity contribution in [2.24, 2.45) is 0 Å². The van der Waals surface area contributed by atoms with Crippen LogP contribution >= 0.6 is 0 Å². The molecule has 0 saturated carbocycles. The van der Waals surface area contributed by atoms with E-state index in [9.17, 15) is 4.79 Å². The molecule has 0 fully saturated rings. The van der Waals surface area contributed by atoms with E-state index in [1.54, 1.807) is 18.2 Å². The van der Waals surface area contributed by atoms with Gasteiger partial charge in [-0.05, 0) is 12.1 Å². The van der Waals surface area contributed by atoms with E-state index in [0.29, 0.717) is 17.1 Å². The molecule has 0 saturated heterocycles. The molecule has 21 heavy (non-hydrogen) atoms. The normalized spacial score (nSPS) is 10.4. The molecule has 1 N–H and O–H groups in total. The van der Waals surface area contributed by atoms with Crippen molar-refractivity contribution in [1.29, 1.82) is 0 Å². The Balaban J connectivity index is 2.23. The van der Waals surface area contributed by atoms with Gasteiger partial charge < -0.3 is 23.7 Å². The summed E-state index contributed by atoms with van der Waals surface area (Å²) < 4.78 is 20.8. The standard InChI is InChI=1S/C13H14N2O6/c1-18-8-4-3-5-9(19-2)12(8)13-15-14-10(21-13)6-20-7-11(16)17/h3-5H,6-7H2,1-2H3,(H,16,17). The molecule has 0 amide bonds. The first kappa shape index (κ1) is 14.8. The molecule has 0 aliphatic rings. The molecule has 0 aliphatic heterocycles. The van der Waals surface area contributed by atoms with Crippen LogP contribution in [0, 0.1) is 0 Å². The highest BCUT2D eigenvalue weighted by Crippen LogP contribution is 2.37. The molecule has 0 bridgehead atoms. The molecule has 2 aromatic rings. The van der Waals surface area contributed by atoms with Gasteiger partial charge in [-0.15, -0.1) is 10.2 Å². The second-order valence-corrected chi connectivity index (χ2v) is 3.93. The molecule has 1 heterocycles. The van der Waals surface area contributed by atoms with Gasteiger partial charge in [0.2, 0.25) is 5.89 Å². The van der Waals surface area contributed by atoms with Gasteiger partial charge in [0.1, 0.15) is 30.3 Å². The van der Waals surface area contributed by atoms with E-state index in [2.05, 4.69) is 10.2 Å². The van der Waals surface area contributed by atoms with Crippen LogP contribution in [0.2, 0.25) is 0 Å². The van der Waals surface area contributed by atoms with Crippen molar-refractivity contribution in [3.05, 3.63) is 24.1 Å². The van der Waals surface area contributed by atoms with Crippen LogP contribution in [0.5, 0.6) is 11.5 Å². The minimum Gasteiger partial charge on any atom is -0.496 e. The Morgan fingerprint density at radius 1 is 1.24 bits per heavy atom. The summed E-state index contributed by atoms with van der Waals surface area (Å²) in [5, 5.41) is 16.2. The zero-order valence-electron chi connectivity index (χ0n) is 11.5. The lowest BCUT2D eigenvalue weighted by Crippen LogP contribution is -2.06. The predicted octanol–water partition coefficient (Wildman–Crippen LogP) is 1.35. The van der Waals surface area contributed by atoms with E-state index in [-0.39, 0.29) is 18.4 Å². The third kappa shape index (κ3) is 3.48. The SMILES string of the molecule is COc1cccc(OC)c1-c1nnc(COCC(=O)O)o1. The Hall–Kier alpha value is -2.61. The summed E-state index contributed by atoms with van der Waals surface area (Å²) in [5.41, 5.74) is 0.527. The van der Waals surface area contributed by atoms with Crippen LogP contribution in [-0.2, 0) is 16.1 Å². The summed E-state index contributed by atoms with van der Waals surface area (Å²) in [6, 6.07) is 5.25. The Kier molecular flexibility index (Phi) is 4.72. The van der Waals surface area contributed by atoms with Crippen molar-refractivity contribution in [1.82, 2.24) is 10.2 Å². The molecule has 1 aromatic heterocycles. The average Bonchev–Trinajstić information content (AvgIpc) is 2.94. The van der Waals surface area contributed by atoms with Crippen LogP contribution in [0.1, 0.15) is 5.89 Å². The van der Waals surface area contributed by atoms with Gasteiger partial charge >= 0.3 is 5.97 Å². The van der Waals surface area contributed by atoms with E-state index in [1.807, 2.05) is 0 Å². The molecule has 0 spiro atoms. The number of carboxylic acid groups (broad SMARTS) is 1. The van der Waals surface area contributed by atoms with Crippen LogP contribution < -0.4 is 9.47 Å². The number of hydrogen-bond acceptors (Lipinski definition) is 7. The highest BCUT2D eigenvalue weighted by molar-refractivity contribution is 5.70. The molecular formula is C13H14N2O6. The minimum absolute atomic E-state index is 0.0865. The Morgan fingerprint density at radius 3 is 2.48 bits per heavy atom. The van der Waals surface area contributed by atoms with Gasteiger partial charge in [-0.3, -0.25) is 0 Å². The number of nitrogens with zero attached hydrogens (tertiary/aromatic N) is 2. The van der Waals surface area contributed by atoms with Crippen molar-refractivity contribution >= 4 is 5.97 Å². The molecule has 0 radical (unpaired) electrons. The second-order valence-electron chi connectivity index (χ2n) is 3.93. The third-order valence-electron chi connectivity index (χ3n) is 2.56. The third-order valence-corrected chi connectivity index (χ3v) is 2.56. The fourth-order valence-corrected chi connectivity index (χ4v) is 1.70. The largest absolute Gasteiger partial charge is 0.496 e. The van der Waals surface area contributed by atoms with Gasteiger partial charge in [-0.1, -0.05) is 6.07 Å². The minimum atomic E-state index is -1.07. The first-order valence-electron chi connectivity index (χ1n) is 5.99. The van der Waals surface area contributed by atoms with Crippen LogP contribution in [-0.4, -0.2) is 42.1 Å². The van der Waals surface area contributed by atoms with Gasteiger partial charge in [0.15, 0.2) is 0 Å². The highest BCUT2D eigenvalue weighted by Gasteiger charge is 2.18. The van der Waals surface area contributed by atoms with Crippen molar-refractivity contribution < 1.29 is 28.5 Å². The Bertz CT molecular complexity index is 603. The topological polar surface area (TPSA) is 104 Å². The zero-order valence-corrected chi connectivity index (χ0v) is 11.5. The molecule has 0 aliphatic carbocycles. The Morgan fingerprint density at radius 2 is 1.90 bits per heavy atom. The number of ether oxygens (including phenoxy) is 3. The van der Waals surface area contributed by atoms with Gasteiger partial charge in [-0.25, -0.2) is 4.79 Å². The number of carbonyl (C=O) groups is 1. The van der Waals surface area contributed by atoms with Crippen molar-refractivity contribution in [2.45, 2.75) is 6.61 Å². The van der Waals surface area contributed by atoms with Crippen LogP contribution in [0.3, 0.4) is 0 Å². The number of hydrogen-bond donors (Lipinski definition) is 1. The summed E-state index contributed by atoms with van der Waals surface area (Å²) in [7, 11) is 3.04. The maximum absolute atomic E-state index is 10.4. The van der Waals surface area contributed by atoms with Gasteiger partial charge in [0.05, 0.1) is 14.2 Å². The van der Waals surface area contributed by atoms with Crippen LogP contribution in [0.4, 0.5) is 0 Å². The number of aromatic nitrogens is 2. The molecular weight excluding hydrogens is 280 g/mol. The highest BCUT2D eigenvalue weighted by atomic mass is 16.5. The summed E-state index contributed by atoms with van der Waals surface area (Å²) in [4.78, 5) is 10.4. The molecule has 8 heteroatoms. The lowest BCUT2D eigenvalue weighted by atomic mass is 10.2. The number of benzene rings is 1. The second kappa shape index (κ2) is 6.71. The molecule has 8 nitrogen and oxygen atoms in total. The van der Waals surface area contributed by atoms with E-state index in [4.69, 9.17) is 23.7 Å². The van der Waals surface area contributed by atoms with Crippen molar-refractivity contribution in [2.75, 3.05) is 20.8 Å². The number of carboxylic acids is 1. The summed E-state index contributed by atoms with van der Waals surface area (Å²) in [6.45, 7) is -0.521. The number of rotatable bonds is 7. The van der Waals surface area contributed by atoms with Crippen molar-refractivity contribution in [3.8, 4) is 23.0 Å². The summed E-state index contributed by atoms with van der Waals surface area (Å²) in [6.07, 6.45) is 0. The lowest BCUT2D eigenvalue weighted by Gasteiger charge is -2.09. The quantitative estimate of drug-likeness (QED) is 0.816. The maximum atomic E-state index is 10.4. The molecule has 2 rings (SSSR count). The average molecular weight is 294 g/mol. The van der Waals surface area contributed by atoms with E-state index >= 15 is 0 Å². The van der Waals surface area contributed by atoms with Gasteiger partial charge in [0.25, 0.3) is 5.89 Å². The van der Waals surface area contributed by atoms with E-state index in [1.165, 1.54) is 14.2 Å². The number of aliphatic carboxylic acids is 1. The zero-order chi connectivity index (χ0) is 15.2. The Labute approximate surface area is 120 Å². The first-order chi connectivity index (χ1) is 10.2. The molecule has 112 valence electrons. The summed E-state index contributed by atoms with van der Waals surface area (Å²) in [5.74, 6) is 0.352. The van der Waals surface area contributed by atoms with E-state index < -0.39 is 12.6 Å². The monoisotopic (exact) mass is 294 g/mol. The molecule has 1 aromatic carbocycles. The molecule has 0 atom stereocenters. The maximum Gasteiger partial charge on any atom is 0.329 e. The number of methoxy groups -OCH3 is 2. The van der Waals surface area contributed by atoms with Gasteiger partial charge in [0, 0.05) is 0 Å². The van der Waals surface area contributed by atoms with Crippen LogP contribution in [0.15, 0.2) is 22.6 Å².